The van der Waals surface area contributed by atoms with Crippen LogP contribution in [-0.2, 0) is 4.74 Å². The Morgan fingerprint density at radius 3 is 2.71 bits per heavy atom. The number of carbonyl (C=O) groups is 1. The molecule has 2 heterocycles. The number of rotatable bonds is 2. The Kier molecular flexibility index (Phi) is 3.49. The highest BCUT2D eigenvalue weighted by atomic mass is 79.9. The van der Waals surface area contributed by atoms with Crippen molar-refractivity contribution in [3.8, 4) is 0 Å². The van der Waals surface area contributed by atoms with Crippen molar-refractivity contribution in [2.45, 2.75) is 13.8 Å². The van der Waals surface area contributed by atoms with Gasteiger partial charge in [0.15, 0.2) is 0 Å². The summed E-state index contributed by atoms with van der Waals surface area (Å²) < 4.78 is 6.20. The van der Waals surface area contributed by atoms with Gasteiger partial charge in [0.25, 0.3) is 0 Å². The van der Waals surface area contributed by atoms with E-state index in [4.69, 9.17) is 4.74 Å². The van der Waals surface area contributed by atoms with Crippen LogP contribution in [-0.4, -0.2) is 27.5 Å². The maximum absolute atomic E-state index is 12.5. The number of aryl methyl sites for hydroxylation is 1. The van der Waals surface area contributed by atoms with Crippen LogP contribution in [0.2, 0.25) is 0 Å². The van der Waals surface area contributed by atoms with E-state index in [1.54, 1.807) is 19.3 Å². The van der Waals surface area contributed by atoms with Crippen molar-refractivity contribution < 1.29 is 9.53 Å². The van der Waals surface area contributed by atoms with E-state index in [1.165, 1.54) is 0 Å². The minimum absolute atomic E-state index is 0.328. The summed E-state index contributed by atoms with van der Waals surface area (Å²) in [6.45, 7) is 4.01. The maximum Gasteiger partial charge on any atom is 0.340 e. The molecule has 5 nitrogen and oxygen atoms in total. The first-order valence-corrected chi connectivity index (χ1v) is 8.42. The lowest BCUT2D eigenvalue weighted by Crippen LogP contribution is -2.05. The van der Waals surface area contributed by atoms with E-state index in [2.05, 4.69) is 30.9 Å². The number of ether oxygens (including phenoxy) is 1. The van der Waals surface area contributed by atoms with Gasteiger partial charge in [-0.3, -0.25) is 9.97 Å². The summed E-state index contributed by atoms with van der Waals surface area (Å²) in [5, 5.41) is 2.73. The van der Waals surface area contributed by atoms with Gasteiger partial charge in [-0.2, -0.15) is 0 Å². The van der Waals surface area contributed by atoms with Crippen LogP contribution in [0.1, 0.15) is 23.0 Å². The molecule has 120 valence electrons. The van der Waals surface area contributed by atoms with E-state index in [0.717, 1.165) is 42.9 Å². The molecule has 0 amide bonds. The number of hydrogen-bond donors (Lipinski definition) is 1. The van der Waals surface area contributed by atoms with Gasteiger partial charge in [0, 0.05) is 33.3 Å². The van der Waals surface area contributed by atoms with Gasteiger partial charge in [0.2, 0.25) is 0 Å². The lowest BCUT2D eigenvalue weighted by molar-refractivity contribution is 0.0528. The normalized spacial score (nSPS) is 11.5. The molecule has 2 aromatic heterocycles. The van der Waals surface area contributed by atoms with Gasteiger partial charge in [0.1, 0.15) is 5.52 Å². The Hall–Kier alpha value is -2.47. The van der Waals surface area contributed by atoms with Gasteiger partial charge in [0.05, 0.1) is 23.2 Å². The van der Waals surface area contributed by atoms with E-state index in [-0.39, 0.29) is 5.97 Å². The summed E-state index contributed by atoms with van der Waals surface area (Å²) in [6.07, 6.45) is 3.34. The molecule has 1 N–H and O–H groups in total. The molecule has 0 radical (unpaired) electrons. The Labute approximate surface area is 146 Å². The number of H-pyrrole nitrogens is 1. The third kappa shape index (κ3) is 2.10. The number of hydrogen-bond acceptors (Lipinski definition) is 4. The van der Waals surface area contributed by atoms with Crippen molar-refractivity contribution in [2.75, 3.05) is 6.61 Å². The van der Waals surface area contributed by atoms with Crippen molar-refractivity contribution >= 4 is 54.6 Å². The smallest absolute Gasteiger partial charge is 0.340 e. The summed E-state index contributed by atoms with van der Waals surface area (Å²) in [7, 11) is 0. The molecule has 0 aliphatic carbocycles. The molecule has 0 aliphatic heterocycles. The van der Waals surface area contributed by atoms with Crippen LogP contribution in [0, 0.1) is 6.92 Å². The van der Waals surface area contributed by atoms with Gasteiger partial charge in [-0.05, 0) is 31.4 Å². The molecule has 24 heavy (non-hydrogen) atoms. The van der Waals surface area contributed by atoms with E-state index >= 15 is 0 Å². The summed E-state index contributed by atoms with van der Waals surface area (Å²) in [5.74, 6) is -0.328. The summed E-state index contributed by atoms with van der Waals surface area (Å²) in [6, 6.07) is 5.96. The fourth-order valence-electron chi connectivity index (χ4n) is 3.18. The molecule has 6 heteroatoms. The van der Waals surface area contributed by atoms with E-state index in [0.29, 0.717) is 12.2 Å². The standard InChI is InChI=1S/C18H14BrN3O2/c1-3-24-18(23)13-9(2)22-16-14(13)12-8-10(19)4-5-11(12)15-17(16)21-7-6-20-15/h4-8,22H,3H2,1-2H3. The van der Waals surface area contributed by atoms with Crippen LogP contribution in [0.5, 0.6) is 0 Å². The number of aromatic amines is 1. The summed E-state index contributed by atoms with van der Waals surface area (Å²) in [4.78, 5) is 24.8. The number of halogens is 1. The average Bonchev–Trinajstić information content (AvgIpc) is 2.92. The molecule has 0 spiro atoms. The maximum atomic E-state index is 12.5. The predicted molar refractivity (Wildman–Crippen MR) is 97.3 cm³/mol. The lowest BCUT2D eigenvalue weighted by Gasteiger charge is -2.08. The molecule has 0 atom stereocenters. The fourth-order valence-corrected chi connectivity index (χ4v) is 3.54. The zero-order chi connectivity index (χ0) is 16.8. The number of nitrogens with one attached hydrogen (secondary N) is 1. The van der Waals surface area contributed by atoms with Crippen LogP contribution in [0.3, 0.4) is 0 Å². The second-order valence-electron chi connectivity index (χ2n) is 5.54. The Balaban J connectivity index is 2.28. The summed E-state index contributed by atoms with van der Waals surface area (Å²) >= 11 is 3.52. The first kappa shape index (κ1) is 15.1. The van der Waals surface area contributed by atoms with Crippen LogP contribution >= 0.6 is 15.9 Å². The minimum atomic E-state index is -0.328. The third-order valence-corrected chi connectivity index (χ3v) is 4.60. The zero-order valence-corrected chi connectivity index (χ0v) is 14.8. The molecule has 4 rings (SSSR count). The molecule has 0 saturated heterocycles. The van der Waals surface area contributed by atoms with Crippen molar-refractivity contribution in [2.24, 2.45) is 0 Å². The first-order chi connectivity index (χ1) is 11.6. The molecular weight excluding hydrogens is 370 g/mol. The van der Waals surface area contributed by atoms with Crippen molar-refractivity contribution in [1.29, 1.82) is 0 Å². The number of fused-ring (bicyclic) bond motifs is 6. The van der Waals surface area contributed by atoms with Crippen LogP contribution in [0.25, 0.3) is 32.7 Å². The van der Waals surface area contributed by atoms with Crippen molar-refractivity contribution in [3.05, 3.63) is 46.3 Å². The SMILES string of the molecule is CCOC(=O)c1c(C)[nH]c2c3nccnc3c3ccc(Br)cc3c12. The molecule has 0 aliphatic rings. The highest BCUT2D eigenvalue weighted by Crippen LogP contribution is 2.37. The largest absolute Gasteiger partial charge is 0.462 e. The highest BCUT2D eigenvalue weighted by Gasteiger charge is 2.22. The van der Waals surface area contributed by atoms with Gasteiger partial charge in [-0.25, -0.2) is 4.79 Å². The molecule has 2 aromatic carbocycles. The number of esters is 1. The van der Waals surface area contributed by atoms with Crippen LogP contribution < -0.4 is 0 Å². The van der Waals surface area contributed by atoms with Crippen LogP contribution in [0.15, 0.2) is 35.1 Å². The molecule has 0 unspecified atom stereocenters. The van der Waals surface area contributed by atoms with Crippen LogP contribution in [0.4, 0.5) is 0 Å². The molecule has 0 saturated carbocycles. The molecule has 0 bridgehead atoms. The van der Waals surface area contributed by atoms with Gasteiger partial charge < -0.3 is 9.72 Å². The van der Waals surface area contributed by atoms with Gasteiger partial charge >= 0.3 is 5.97 Å². The van der Waals surface area contributed by atoms with E-state index < -0.39 is 0 Å². The second kappa shape index (κ2) is 5.56. The third-order valence-electron chi connectivity index (χ3n) is 4.11. The second-order valence-corrected chi connectivity index (χ2v) is 6.45. The minimum Gasteiger partial charge on any atom is -0.462 e. The molecule has 0 fully saturated rings. The Bertz CT molecular complexity index is 1120. The Morgan fingerprint density at radius 2 is 1.96 bits per heavy atom. The topological polar surface area (TPSA) is 67.9 Å². The highest BCUT2D eigenvalue weighted by molar-refractivity contribution is 9.10. The van der Waals surface area contributed by atoms with Crippen molar-refractivity contribution in [3.63, 3.8) is 0 Å². The van der Waals surface area contributed by atoms with Gasteiger partial charge in [-0.1, -0.05) is 22.0 Å². The average molecular weight is 384 g/mol. The monoisotopic (exact) mass is 383 g/mol. The number of aromatic nitrogens is 3. The summed E-state index contributed by atoms with van der Waals surface area (Å²) in [5.41, 5.74) is 3.69. The van der Waals surface area contributed by atoms with Crippen molar-refractivity contribution in [1.82, 2.24) is 15.0 Å². The van der Waals surface area contributed by atoms with Gasteiger partial charge in [-0.15, -0.1) is 0 Å². The Morgan fingerprint density at radius 1 is 1.21 bits per heavy atom. The predicted octanol–water partition coefficient (Wildman–Crippen LogP) is 4.51. The fraction of sp³-hybridized carbons (Fsp3) is 0.167. The first-order valence-electron chi connectivity index (χ1n) is 7.63. The quantitative estimate of drug-likeness (QED) is 0.408. The molecular formula is C18H14BrN3O2. The lowest BCUT2D eigenvalue weighted by atomic mass is 10.0. The molecule has 4 aromatic rings. The zero-order valence-electron chi connectivity index (χ0n) is 13.2. The van der Waals surface area contributed by atoms with E-state index in [1.807, 2.05) is 25.1 Å². The number of benzene rings is 2. The number of carbonyl (C=O) groups excluding carboxylic acids is 1. The van der Waals surface area contributed by atoms with E-state index in [9.17, 15) is 4.79 Å². The number of nitrogens with zero attached hydrogens (tertiary/aromatic N) is 2.